The Labute approximate surface area is 128 Å². The van der Waals surface area contributed by atoms with Gasteiger partial charge in [-0.3, -0.25) is 4.40 Å². The first kappa shape index (κ1) is 13.7. The summed E-state index contributed by atoms with van der Waals surface area (Å²) in [6.45, 7) is 0. The maximum absolute atomic E-state index is 13.3. The van der Waals surface area contributed by atoms with E-state index in [0.717, 1.165) is 22.6 Å². The van der Waals surface area contributed by atoms with Gasteiger partial charge in [-0.2, -0.15) is 0 Å². The molecule has 6 heteroatoms. The fraction of sp³-hybridized carbons (Fsp3) is 0.214. The number of hydrogen-bond acceptors (Lipinski definition) is 3. The molecule has 2 heterocycles. The summed E-state index contributed by atoms with van der Waals surface area (Å²) in [5, 5.41) is 5.27. The molecule has 3 aromatic rings. The second-order valence-electron chi connectivity index (χ2n) is 4.54. The number of nitrogens with zero attached hydrogens (tertiary/aromatic N) is 2. The van der Waals surface area contributed by atoms with Gasteiger partial charge in [0.2, 0.25) is 0 Å². The summed E-state index contributed by atoms with van der Waals surface area (Å²) in [6, 6.07) is 5.21. The third-order valence-corrected chi connectivity index (χ3v) is 4.63. The average molecular weight is 354 g/mol. The minimum Gasteiger partial charge on any atom is -0.313 e. The van der Waals surface area contributed by atoms with Crippen LogP contribution in [0.4, 0.5) is 4.39 Å². The quantitative estimate of drug-likeness (QED) is 0.772. The largest absolute Gasteiger partial charge is 0.313 e. The zero-order chi connectivity index (χ0) is 14.1. The van der Waals surface area contributed by atoms with Crippen molar-refractivity contribution in [2.45, 2.75) is 12.5 Å². The number of aromatic nitrogens is 2. The smallest absolute Gasteiger partial charge is 0.193 e. The van der Waals surface area contributed by atoms with Gasteiger partial charge in [0.05, 0.1) is 10.2 Å². The van der Waals surface area contributed by atoms with Crippen molar-refractivity contribution in [2.75, 3.05) is 7.05 Å². The molecule has 3 rings (SSSR count). The van der Waals surface area contributed by atoms with Gasteiger partial charge in [-0.25, -0.2) is 9.37 Å². The fourth-order valence-electron chi connectivity index (χ4n) is 2.20. The fourth-order valence-corrected chi connectivity index (χ4v) is 3.31. The minimum atomic E-state index is -0.244. The molecule has 104 valence electrons. The Hall–Kier alpha value is -1.24. The molecule has 1 atom stereocenters. The molecular formula is C14H13BrFN3S. The molecule has 0 aliphatic rings. The summed E-state index contributed by atoms with van der Waals surface area (Å²) in [7, 11) is 1.90. The van der Waals surface area contributed by atoms with Gasteiger partial charge in [0.15, 0.2) is 4.96 Å². The van der Waals surface area contributed by atoms with E-state index in [2.05, 4.69) is 26.2 Å². The van der Waals surface area contributed by atoms with E-state index in [0.29, 0.717) is 4.47 Å². The highest BCUT2D eigenvalue weighted by Gasteiger charge is 2.14. The van der Waals surface area contributed by atoms with Gasteiger partial charge in [-0.05, 0) is 40.7 Å². The van der Waals surface area contributed by atoms with Crippen LogP contribution >= 0.6 is 27.3 Å². The number of imidazole rings is 1. The van der Waals surface area contributed by atoms with Crippen molar-refractivity contribution in [2.24, 2.45) is 0 Å². The second kappa shape index (κ2) is 5.63. The molecule has 2 aromatic heterocycles. The standard InChI is InChI=1S/C14H13BrFN3S/c1-17-13(9-2-3-12(16)11(15)6-9)7-10-8-19-4-5-20-14(19)18-10/h2-6,8,13,17H,7H2,1H3. The molecular weight excluding hydrogens is 341 g/mol. The molecule has 3 nitrogen and oxygen atoms in total. The summed E-state index contributed by atoms with van der Waals surface area (Å²) in [6.07, 6.45) is 4.80. The first-order valence-electron chi connectivity index (χ1n) is 6.20. The predicted molar refractivity (Wildman–Crippen MR) is 82.7 cm³/mol. The van der Waals surface area contributed by atoms with Crippen LogP contribution in [0, 0.1) is 5.82 Å². The van der Waals surface area contributed by atoms with Crippen LogP contribution in [-0.2, 0) is 6.42 Å². The average Bonchev–Trinajstić information content (AvgIpc) is 3.00. The van der Waals surface area contributed by atoms with Crippen molar-refractivity contribution >= 4 is 32.2 Å². The lowest BCUT2D eigenvalue weighted by molar-refractivity contribution is 0.579. The lowest BCUT2D eigenvalue weighted by Crippen LogP contribution is -2.19. The zero-order valence-electron chi connectivity index (χ0n) is 10.8. The van der Waals surface area contributed by atoms with Gasteiger partial charge in [0, 0.05) is 30.2 Å². The second-order valence-corrected chi connectivity index (χ2v) is 6.27. The van der Waals surface area contributed by atoms with Crippen LogP contribution in [0.15, 0.2) is 40.4 Å². The molecule has 0 aliphatic heterocycles. The molecule has 0 saturated heterocycles. The molecule has 1 aromatic carbocycles. The number of thiazole rings is 1. The Bertz CT molecular complexity index is 708. The Morgan fingerprint density at radius 3 is 3.05 bits per heavy atom. The Morgan fingerprint density at radius 1 is 1.50 bits per heavy atom. The van der Waals surface area contributed by atoms with E-state index >= 15 is 0 Å². The van der Waals surface area contributed by atoms with E-state index in [-0.39, 0.29) is 11.9 Å². The summed E-state index contributed by atoms with van der Waals surface area (Å²) >= 11 is 4.85. The molecule has 0 spiro atoms. The van der Waals surface area contributed by atoms with Crippen LogP contribution in [0.25, 0.3) is 4.96 Å². The van der Waals surface area contributed by atoms with Crippen LogP contribution in [0.2, 0.25) is 0 Å². The third-order valence-electron chi connectivity index (χ3n) is 3.25. The Balaban J connectivity index is 1.85. The lowest BCUT2D eigenvalue weighted by Gasteiger charge is -2.16. The Morgan fingerprint density at radius 2 is 2.35 bits per heavy atom. The molecule has 0 amide bonds. The van der Waals surface area contributed by atoms with E-state index in [1.54, 1.807) is 17.4 Å². The molecule has 0 saturated carbocycles. The molecule has 0 bridgehead atoms. The first-order valence-corrected chi connectivity index (χ1v) is 7.88. The lowest BCUT2D eigenvalue weighted by atomic mass is 10.0. The molecule has 0 fully saturated rings. The number of rotatable bonds is 4. The van der Waals surface area contributed by atoms with Crippen LogP contribution in [0.5, 0.6) is 0 Å². The van der Waals surface area contributed by atoms with Crippen molar-refractivity contribution in [3.05, 3.63) is 57.5 Å². The van der Waals surface area contributed by atoms with Crippen molar-refractivity contribution in [1.29, 1.82) is 0 Å². The highest BCUT2D eigenvalue weighted by molar-refractivity contribution is 9.10. The molecule has 20 heavy (non-hydrogen) atoms. The molecule has 1 N–H and O–H groups in total. The van der Waals surface area contributed by atoms with Crippen LogP contribution in [0.1, 0.15) is 17.3 Å². The summed E-state index contributed by atoms with van der Waals surface area (Å²) < 4.78 is 15.8. The molecule has 0 aliphatic carbocycles. The van der Waals surface area contributed by atoms with Crippen molar-refractivity contribution in [3.63, 3.8) is 0 Å². The van der Waals surface area contributed by atoms with Crippen molar-refractivity contribution in [3.8, 4) is 0 Å². The van der Waals surface area contributed by atoms with Crippen LogP contribution in [0.3, 0.4) is 0 Å². The zero-order valence-corrected chi connectivity index (χ0v) is 13.2. The minimum absolute atomic E-state index is 0.108. The SMILES string of the molecule is CNC(Cc1cn2ccsc2n1)c1ccc(F)c(Br)c1. The summed E-state index contributed by atoms with van der Waals surface area (Å²) in [4.78, 5) is 5.58. The monoisotopic (exact) mass is 353 g/mol. The summed E-state index contributed by atoms with van der Waals surface area (Å²) in [5.41, 5.74) is 2.06. The summed E-state index contributed by atoms with van der Waals surface area (Å²) in [5.74, 6) is -0.244. The van der Waals surface area contributed by atoms with Crippen molar-refractivity contribution < 1.29 is 4.39 Å². The maximum Gasteiger partial charge on any atom is 0.193 e. The first-order chi connectivity index (χ1) is 9.67. The number of benzene rings is 1. The highest BCUT2D eigenvalue weighted by atomic mass is 79.9. The predicted octanol–water partition coefficient (Wildman–Crippen LogP) is 3.80. The number of nitrogens with one attached hydrogen (secondary N) is 1. The van der Waals surface area contributed by atoms with Gasteiger partial charge in [0.25, 0.3) is 0 Å². The van der Waals surface area contributed by atoms with Crippen LogP contribution < -0.4 is 5.32 Å². The molecule has 1 unspecified atom stereocenters. The van der Waals surface area contributed by atoms with Crippen molar-refractivity contribution in [1.82, 2.24) is 14.7 Å². The Kier molecular flexibility index (Phi) is 3.87. The van der Waals surface area contributed by atoms with E-state index in [1.165, 1.54) is 6.07 Å². The highest BCUT2D eigenvalue weighted by Crippen LogP contribution is 2.24. The van der Waals surface area contributed by atoms with E-state index < -0.39 is 0 Å². The number of halogens is 2. The van der Waals surface area contributed by atoms with Gasteiger partial charge in [-0.15, -0.1) is 11.3 Å². The number of hydrogen-bond donors (Lipinski definition) is 1. The number of likely N-dealkylation sites (N-methyl/N-ethyl adjacent to an activating group) is 1. The number of fused-ring (bicyclic) bond motifs is 1. The van der Waals surface area contributed by atoms with Crippen LogP contribution in [-0.4, -0.2) is 16.4 Å². The maximum atomic E-state index is 13.3. The van der Waals surface area contributed by atoms with Gasteiger partial charge in [0.1, 0.15) is 5.82 Å². The van der Waals surface area contributed by atoms with Gasteiger partial charge in [-0.1, -0.05) is 6.07 Å². The van der Waals surface area contributed by atoms with E-state index in [4.69, 9.17) is 0 Å². The van der Waals surface area contributed by atoms with Gasteiger partial charge >= 0.3 is 0 Å². The third kappa shape index (κ3) is 2.63. The van der Waals surface area contributed by atoms with Gasteiger partial charge < -0.3 is 5.32 Å². The topological polar surface area (TPSA) is 29.3 Å². The van der Waals surface area contributed by atoms with E-state index in [9.17, 15) is 4.39 Å². The molecule has 0 radical (unpaired) electrons. The van der Waals surface area contributed by atoms with E-state index in [1.807, 2.05) is 35.3 Å². The normalized spacial score (nSPS) is 12.9.